The fourth-order valence-corrected chi connectivity index (χ4v) is 2.53. The molecule has 0 aliphatic carbocycles. The van der Waals surface area contributed by atoms with Crippen LogP contribution in [0.25, 0.3) is 0 Å². The number of aryl methyl sites for hydroxylation is 1. The Hall–Kier alpha value is -1.71. The summed E-state index contributed by atoms with van der Waals surface area (Å²) >= 11 is 11.8. The molecular formula is C16H16Cl2N2O. The first-order valence-electron chi connectivity index (χ1n) is 6.60. The van der Waals surface area contributed by atoms with Crippen molar-refractivity contribution in [3.8, 4) is 0 Å². The largest absolute Gasteiger partial charge is 0.338 e. The van der Waals surface area contributed by atoms with E-state index in [1.807, 2.05) is 12.1 Å². The van der Waals surface area contributed by atoms with E-state index >= 15 is 0 Å². The van der Waals surface area contributed by atoms with Crippen LogP contribution in [0.5, 0.6) is 0 Å². The minimum absolute atomic E-state index is 0.276. The van der Waals surface area contributed by atoms with Crippen molar-refractivity contribution in [1.29, 1.82) is 0 Å². The monoisotopic (exact) mass is 322 g/mol. The molecule has 2 aromatic carbocycles. The smallest absolute Gasteiger partial charge is 0.319 e. The second-order valence-electron chi connectivity index (χ2n) is 4.72. The molecule has 2 amide bonds. The van der Waals surface area contributed by atoms with Crippen LogP contribution in [0, 0.1) is 6.92 Å². The van der Waals surface area contributed by atoms with E-state index in [1.165, 1.54) is 11.1 Å². The van der Waals surface area contributed by atoms with Crippen molar-refractivity contribution in [2.24, 2.45) is 0 Å². The van der Waals surface area contributed by atoms with E-state index in [4.69, 9.17) is 23.2 Å². The Bertz CT molecular complexity index is 624. The number of carbonyl (C=O) groups excluding carboxylic acids is 1. The van der Waals surface area contributed by atoms with Crippen LogP contribution in [0.15, 0.2) is 42.5 Å². The molecule has 0 saturated heterocycles. The Kier molecular flexibility index (Phi) is 5.48. The number of rotatable bonds is 4. The van der Waals surface area contributed by atoms with Gasteiger partial charge in [0.15, 0.2) is 0 Å². The van der Waals surface area contributed by atoms with Gasteiger partial charge in [0.1, 0.15) is 0 Å². The first-order chi connectivity index (χ1) is 10.0. The summed E-state index contributed by atoms with van der Waals surface area (Å²) in [6.45, 7) is 2.62. The SMILES string of the molecule is Cc1ccccc1CCNC(=O)Nc1cc(Cl)cc(Cl)c1. The lowest BCUT2D eigenvalue weighted by Gasteiger charge is -2.09. The summed E-state index contributed by atoms with van der Waals surface area (Å²) in [7, 11) is 0. The first-order valence-corrected chi connectivity index (χ1v) is 7.35. The Morgan fingerprint density at radius 1 is 1.10 bits per heavy atom. The summed E-state index contributed by atoms with van der Waals surface area (Å²) in [5, 5.41) is 6.48. The number of urea groups is 1. The lowest BCUT2D eigenvalue weighted by molar-refractivity contribution is 0.252. The van der Waals surface area contributed by atoms with Gasteiger partial charge in [0.25, 0.3) is 0 Å². The molecule has 0 aliphatic rings. The zero-order valence-corrected chi connectivity index (χ0v) is 13.1. The van der Waals surface area contributed by atoms with Crippen LogP contribution < -0.4 is 10.6 Å². The summed E-state index contributed by atoms with van der Waals surface area (Å²) in [4.78, 5) is 11.8. The predicted octanol–water partition coefficient (Wildman–Crippen LogP) is 4.67. The number of halogens is 2. The number of hydrogen-bond acceptors (Lipinski definition) is 1. The molecular weight excluding hydrogens is 307 g/mol. The van der Waals surface area contributed by atoms with Gasteiger partial charge < -0.3 is 10.6 Å². The van der Waals surface area contributed by atoms with Crippen LogP contribution in [0.3, 0.4) is 0 Å². The van der Waals surface area contributed by atoms with Gasteiger partial charge in [-0.25, -0.2) is 4.79 Å². The van der Waals surface area contributed by atoms with Gasteiger partial charge in [0.05, 0.1) is 0 Å². The van der Waals surface area contributed by atoms with Gasteiger partial charge in [-0.2, -0.15) is 0 Å². The molecule has 110 valence electrons. The average molecular weight is 323 g/mol. The number of carbonyl (C=O) groups is 1. The maximum atomic E-state index is 11.8. The third kappa shape index (κ3) is 4.96. The van der Waals surface area contributed by atoms with Crippen molar-refractivity contribution < 1.29 is 4.79 Å². The van der Waals surface area contributed by atoms with E-state index in [9.17, 15) is 4.79 Å². The summed E-state index contributed by atoms with van der Waals surface area (Å²) < 4.78 is 0. The Morgan fingerprint density at radius 2 is 1.76 bits per heavy atom. The van der Waals surface area contributed by atoms with Crippen LogP contribution in [0.2, 0.25) is 10.0 Å². The van der Waals surface area contributed by atoms with Crippen LogP contribution in [0.1, 0.15) is 11.1 Å². The summed E-state index contributed by atoms with van der Waals surface area (Å²) in [6, 6.07) is 12.8. The van der Waals surface area contributed by atoms with Crippen LogP contribution >= 0.6 is 23.2 Å². The molecule has 0 aromatic heterocycles. The van der Waals surface area contributed by atoms with Crippen molar-refractivity contribution in [1.82, 2.24) is 5.32 Å². The lowest BCUT2D eigenvalue weighted by Crippen LogP contribution is -2.30. The Morgan fingerprint density at radius 3 is 2.43 bits per heavy atom. The predicted molar refractivity (Wildman–Crippen MR) is 88.4 cm³/mol. The molecule has 0 fully saturated rings. The molecule has 21 heavy (non-hydrogen) atoms. The molecule has 2 aromatic rings. The molecule has 0 radical (unpaired) electrons. The Balaban J connectivity index is 1.84. The van der Waals surface area contributed by atoms with Crippen LogP contribution in [-0.4, -0.2) is 12.6 Å². The van der Waals surface area contributed by atoms with Crippen molar-refractivity contribution in [2.75, 3.05) is 11.9 Å². The highest BCUT2D eigenvalue weighted by molar-refractivity contribution is 6.35. The Labute approximate surface area is 134 Å². The standard InChI is InChI=1S/C16H16Cl2N2O/c1-11-4-2-3-5-12(11)6-7-19-16(21)20-15-9-13(17)8-14(18)10-15/h2-5,8-10H,6-7H2,1H3,(H2,19,20,21). The van der Waals surface area contributed by atoms with Crippen LogP contribution in [0.4, 0.5) is 10.5 Å². The van der Waals surface area contributed by atoms with Crippen molar-refractivity contribution in [3.63, 3.8) is 0 Å². The third-order valence-corrected chi connectivity index (χ3v) is 3.50. The molecule has 2 rings (SSSR count). The van der Waals surface area contributed by atoms with Crippen LogP contribution in [-0.2, 0) is 6.42 Å². The summed E-state index contributed by atoms with van der Waals surface area (Å²) in [5.41, 5.74) is 3.02. The van der Waals surface area contributed by atoms with Gasteiger partial charge in [-0.3, -0.25) is 0 Å². The normalized spacial score (nSPS) is 10.2. The van der Waals surface area contributed by atoms with Gasteiger partial charge >= 0.3 is 6.03 Å². The van der Waals surface area contributed by atoms with Gasteiger partial charge in [-0.1, -0.05) is 47.5 Å². The zero-order chi connectivity index (χ0) is 15.2. The van der Waals surface area contributed by atoms with Gasteiger partial charge in [-0.15, -0.1) is 0 Å². The second-order valence-corrected chi connectivity index (χ2v) is 5.59. The third-order valence-electron chi connectivity index (χ3n) is 3.06. The van der Waals surface area contributed by atoms with Crippen molar-refractivity contribution in [2.45, 2.75) is 13.3 Å². The molecule has 0 aliphatic heterocycles. The van der Waals surface area contributed by atoms with E-state index in [-0.39, 0.29) is 6.03 Å². The molecule has 3 nitrogen and oxygen atoms in total. The van der Waals surface area contributed by atoms with E-state index in [2.05, 4.69) is 29.7 Å². The van der Waals surface area contributed by atoms with E-state index in [1.54, 1.807) is 18.2 Å². The van der Waals surface area contributed by atoms with Gasteiger partial charge in [-0.05, 0) is 42.7 Å². The van der Waals surface area contributed by atoms with Gasteiger partial charge in [0, 0.05) is 22.3 Å². The maximum Gasteiger partial charge on any atom is 0.319 e. The molecule has 0 bridgehead atoms. The quantitative estimate of drug-likeness (QED) is 0.844. The maximum absolute atomic E-state index is 11.8. The highest BCUT2D eigenvalue weighted by atomic mass is 35.5. The fourth-order valence-electron chi connectivity index (χ4n) is 2.00. The molecule has 0 spiro atoms. The lowest BCUT2D eigenvalue weighted by atomic mass is 10.1. The highest BCUT2D eigenvalue weighted by Gasteiger charge is 2.04. The molecule has 0 saturated carbocycles. The fraction of sp³-hybridized carbons (Fsp3) is 0.188. The second kappa shape index (κ2) is 7.34. The molecule has 5 heteroatoms. The number of benzene rings is 2. The topological polar surface area (TPSA) is 41.1 Å². The minimum atomic E-state index is -0.276. The molecule has 2 N–H and O–H groups in total. The molecule has 0 unspecified atom stereocenters. The number of anilines is 1. The van der Waals surface area contributed by atoms with E-state index < -0.39 is 0 Å². The number of nitrogens with one attached hydrogen (secondary N) is 2. The summed E-state index contributed by atoms with van der Waals surface area (Å²) in [5.74, 6) is 0. The van der Waals surface area contributed by atoms with Crippen molar-refractivity contribution in [3.05, 3.63) is 63.6 Å². The average Bonchev–Trinajstić information content (AvgIpc) is 2.39. The number of amides is 2. The van der Waals surface area contributed by atoms with Crippen molar-refractivity contribution >= 4 is 34.9 Å². The van der Waals surface area contributed by atoms with Gasteiger partial charge in [0.2, 0.25) is 0 Å². The first kappa shape index (κ1) is 15.7. The molecule has 0 heterocycles. The highest BCUT2D eigenvalue weighted by Crippen LogP contribution is 2.22. The zero-order valence-electron chi connectivity index (χ0n) is 11.6. The van der Waals surface area contributed by atoms with E-state index in [0.717, 1.165) is 6.42 Å². The molecule has 0 atom stereocenters. The van der Waals surface area contributed by atoms with E-state index in [0.29, 0.717) is 22.3 Å². The minimum Gasteiger partial charge on any atom is -0.338 e. The summed E-state index contributed by atoms with van der Waals surface area (Å²) in [6.07, 6.45) is 0.788. The number of hydrogen-bond donors (Lipinski definition) is 2.